The van der Waals surface area contributed by atoms with Crippen LogP contribution in [0, 0.1) is 0 Å². The Morgan fingerprint density at radius 3 is 2.87 bits per heavy atom. The molecule has 0 unspecified atom stereocenters. The summed E-state index contributed by atoms with van der Waals surface area (Å²) in [4.78, 5) is 41.0. The second kappa shape index (κ2) is 8.05. The van der Waals surface area contributed by atoms with Gasteiger partial charge in [0.05, 0.1) is 34.1 Å². The molecule has 2 fully saturated rings. The van der Waals surface area contributed by atoms with Crippen molar-refractivity contribution in [2.24, 2.45) is 0 Å². The summed E-state index contributed by atoms with van der Waals surface area (Å²) in [5.41, 5.74) is 1.38. The number of carbonyl (C=O) groups is 3. The van der Waals surface area contributed by atoms with Crippen molar-refractivity contribution in [2.45, 2.75) is 31.4 Å². The van der Waals surface area contributed by atoms with Crippen LogP contribution in [0.2, 0.25) is 4.34 Å². The van der Waals surface area contributed by atoms with Gasteiger partial charge in [0, 0.05) is 31.1 Å². The van der Waals surface area contributed by atoms with Crippen molar-refractivity contribution in [3.05, 3.63) is 39.5 Å². The molecule has 3 aliphatic heterocycles. The summed E-state index contributed by atoms with van der Waals surface area (Å²) < 4.78 is 12.1. The SMILES string of the molecule is O=C(NC[C@@H]1OC(=O)N2c3ccc(N4CCCC4=O)cc3OCC[C@@H]12)c1ccc(Cl)s1. The Balaban J connectivity index is 1.33. The first kappa shape index (κ1) is 20.1. The van der Waals surface area contributed by atoms with Gasteiger partial charge in [-0.05, 0) is 30.7 Å². The van der Waals surface area contributed by atoms with Gasteiger partial charge in [-0.2, -0.15) is 0 Å². The first-order valence-corrected chi connectivity index (χ1v) is 11.3. The fourth-order valence-electron chi connectivity index (χ4n) is 4.25. The number of ether oxygens (including phenoxy) is 2. The number of rotatable bonds is 4. The lowest BCUT2D eigenvalue weighted by Crippen LogP contribution is -2.42. The highest BCUT2D eigenvalue weighted by Gasteiger charge is 2.45. The summed E-state index contributed by atoms with van der Waals surface area (Å²) in [7, 11) is 0. The minimum atomic E-state index is -0.499. The highest BCUT2D eigenvalue weighted by Crippen LogP contribution is 2.41. The molecule has 4 heterocycles. The van der Waals surface area contributed by atoms with Gasteiger partial charge in [-0.1, -0.05) is 11.6 Å². The Kier molecular flexibility index (Phi) is 5.23. The number of cyclic esters (lactones) is 1. The highest BCUT2D eigenvalue weighted by atomic mass is 35.5. The van der Waals surface area contributed by atoms with Gasteiger partial charge in [0.15, 0.2) is 0 Å². The fourth-order valence-corrected chi connectivity index (χ4v) is 5.21. The molecule has 5 rings (SSSR count). The van der Waals surface area contributed by atoms with Crippen molar-refractivity contribution in [2.75, 3.05) is 29.5 Å². The second-order valence-electron chi connectivity index (χ2n) is 7.61. The standard InChI is InChI=1S/C21H20ClN3O5S/c22-18-6-5-17(31-18)20(27)23-11-16-14-7-9-29-15-10-12(24-8-1-2-19(24)26)3-4-13(15)25(14)21(28)30-16/h3-6,10,14,16H,1-2,7-9,11H2,(H,23,27)/t14-,16-/m0/s1. The van der Waals surface area contributed by atoms with Crippen LogP contribution in [-0.4, -0.2) is 49.7 Å². The van der Waals surface area contributed by atoms with E-state index in [4.69, 9.17) is 21.1 Å². The number of hydrogen-bond donors (Lipinski definition) is 1. The zero-order valence-corrected chi connectivity index (χ0v) is 18.1. The Morgan fingerprint density at radius 2 is 2.13 bits per heavy atom. The van der Waals surface area contributed by atoms with Crippen LogP contribution < -0.4 is 19.9 Å². The van der Waals surface area contributed by atoms with Gasteiger partial charge in [-0.15, -0.1) is 11.3 Å². The number of carbonyl (C=O) groups excluding carboxylic acids is 3. The molecule has 2 aromatic rings. The van der Waals surface area contributed by atoms with Crippen LogP contribution in [0.25, 0.3) is 0 Å². The molecule has 8 nitrogen and oxygen atoms in total. The largest absolute Gasteiger partial charge is 0.491 e. The number of nitrogens with zero attached hydrogens (tertiary/aromatic N) is 2. The molecule has 1 N–H and O–H groups in total. The lowest BCUT2D eigenvalue weighted by molar-refractivity contribution is -0.117. The van der Waals surface area contributed by atoms with Gasteiger partial charge in [0.25, 0.3) is 5.91 Å². The number of benzene rings is 1. The van der Waals surface area contributed by atoms with E-state index in [1.165, 1.54) is 11.3 Å². The molecular formula is C21H20ClN3O5S. The molecule has 0 saturated carbocycles. The molecule has 0 bridgehead atoms. The second-order valence-corrected chi connectivity index (χ2v) is 9.33. The third-order valence-electron chi connectivity index (χ3n) is 5.73. The quantitative estimate of drug-likeness (QED) is 0.753. The number of nitrogens with one attached hydrogen (secondary N) is 1. The third-order valence-corrected chi connectivity index (χ3v) is 6.96. The van der Waals surface area contributed by atoms with Crippen LogP contribution in [0.1, 0.15) is 28.9 Å². The Morgan fingerprint density at radius 1 is 1.26 bits per heavy atom. The Labute approximate surface area is 187 Å². The normalized spacial score (nSPS) is 22.5. The lowest BCUT2D eigenvalue weighted by Gasteiger charge is -2.23. The average Bonchev–Trinajstić information content (AvgIpc) is 3.42. The van der Waals surface area contributed by atoms with Crippen molar-refractivity contribution in [3.8, 4) is 5.75 Å². The van der Waals surface area contributed by atoms with Crippen molar-refractivity contribution in [1.82, 2.24) is 5.32 Å². The molecule has 1 aromatic heterocycles. The summed E-state index contributed by atoms with van der Waals surface area (Å²) in [6, 6.07) is 8.50. The average molecular weight is 462 g/mol. The monoisotopic (exact) mass is 461 g/mol. The maximum atomic E-state index is 12.7. The number of fused-ring (bicyclic) bond motifs is 3. The minimum Gasteiger partial charge on any atom is -0.491 e. The van der Waals surface area contributed by atoms with Crippen molar-refractivity contribution in [1.29, 1.82) is 0 Å². The van der Waals surface area contributed by atoms with Crippen molar-refractivity contribution in [3.63, 3.8) is 0 Å². The number of hydrogen-bond acceptors (Lipinski definition) is 6. The maximum absolute atomic E-state index is 12.7. The van der Waals surface area contributed by atoms with Crippen LogP contribution >= 0.6 is 22.9 Å². The summed E-state index contributed by atoms with van der Waals surface area (Å²) in [6.45, 7) is 1.27. The summed E-state index contributed by atoms with van der Waals surface area (Å²) in [5, 5.41) is 2.83. The molecule has 3 aliphatic rings. The molecular weight excluding hydrogens is 442 g/mol. The van der Waals surface area contributed by atoms with Gasteiger partial charge < -0.3 is 19.7 Å². The topological polar surface area (TPSA) is 88.2 Å². The molecule has 10 heteroatoms. The first-order chi connectivity index (χ1) is 15.0. The first-order valence-electron chi connectivity index (χ1n) is 10.1. The molecule has 31 heavy (non-hydrogen) atoms. The Bertz CT molecular complexity index is 1060. The van der Waals surface area contributed by atoms with E-state index in [0.717, 1.165) is 12.1 Å². The molecule has 162 valence electrons. The molecule has 0 radical (unpaired) electrons. The van der Waals surface area contributed by atoms with Gasteiger partial charge >= 0.3 is 6.09 Å². The lowest BCUT2D eigenvalue weighted by atomic mass is 10.1. The van der Waals surface area contributed by atoms with Gasteiger partial charge in [-0.3, -0.25) is 14.5 Å². The van der Waals surface area contributed by atoms with E-state index >= 15 is 0 Å². The van der Waals surface area contributed by atoms with Crippen LogP contribution in [-0.2, 0) is 9.53 Å². The van der Waals surface area contributed by atoms with E-state index in [9.17, 15) is 14.4 Å². The van der Waals surface area contributed by atoms with Gasteiger partial charge in [0.2, 0.25) is 5.91 Å². The van der Waals surface area contributed by atoms with Crippen LogP contribution in [0.3, 0.4) is 0 Å². The van der Waals surface area contributed by atoms with E-state index in [1.54, 1.807) is 28.0 Å². The number of anilines is 2. The smallest absolute Gasteiger partial charge is 0.415 e. The molecule has 0 spiro atoms. The Hall–Kier alpha value is -2.78. The van der Waals surface area contributed by atoms with Crippen LogP contribution in [0.15, 0.2) is 30.3 Å². The van der Waals surface area contributed by atoms with E-state index in [-0.39, 0.29) is 24.4 Å². The summed E-state index contributed by atoms with van der Waals surface area (Å²) >= 11 is 7.09. The summed E-state index contributed by atoms with van der Waals surface area (Å²) in [5.74, 6) is 0.390. The third kappa shape index (κ3) is 3.72. The zero-order valence-electron chi connectivity index (χ0n) is 16.5. The molecule has 2 saturated heterocycles. The number of thiophene rings is 1. The van der Waals surface area contributed by atoms with E-state index < -0.39 is 12.2 Å². The number of amides is 3. The minimum absolute atomic E-state index is 0.0925. The molecule has 2 atom stereocenters. The maximum Gasteiger partial charge on any atom is 0.415 e. The predicted octanol–water partition coefficient (Wildman–Crippen LogP) is 3.43. The van der Waals surface area contributed by atoms with Gasteiger partial charge in [-0.25, -0.2) is 4.79 Å². The summed E-state index contributed by atoms with van der Waals surface area (Å²) in [6.07, 6.45) is 0.969. The van der Waals surface area contributed by atoms with E-state index in [1.807, 2.05) is 12.1 Å². The van der Waals surface area contributed by atoms with Crippen molar-refractivity contribution >= 4 is 52.2 Å². The molecule has 0 aliphatic carbocycles. The molecule has 1 aromatic carbocycles. The van der Waals surface area contributed by atoms with E-state index in [2.05, 4.69) is 5.32 Å². The zero-order chi connectivity index (χ0) is 21.5. The molecule has 3 amide bonds. The predicted molar refractivity (Wildman–Crippen MR) is 116 cm³/mol. The number of halogens is 1. The van der Waals surface area contributed by atoms with Crippen molar-refractivity contribution < 1.29 is 23.9 Å². The highest BCUT2D eigenvalue weighted by molar-refractivity contribution is 7.18. The van der Waals surface area contributed by atoms with Gasteiger partial charge in [0.1, 0.15) is 11.9 Å². The van der Waals surface area contributed by atoms with E-state index in [0.29, 0.717) is 46.6 Å². The van der Waals surface area contributed by atoms with Crippen LogP contribution in [0.4, 0.5) is 16.2 Å². The fraction of sp³-hybridized carbons (Fsp3) is 0.381. The van der Waals surface area contributed by atoms with Crippen LogP contribution in [0.5, 0.6) is 5.75 Å².